The fourth-order valence-corrected chi connectivity index (χ4v) is 1.64. The van der Waals surface area contributed by atoms with Crippen molar-refractivity contribution in [1.82, 2.24) is 9.88 Å². The van der Waals surface area contributed by atoms with Gasteiger partial charge in [0, 0.05) is 14.1 Å². The summed E-state index contributed by atoms with van der Waals surface area (Å²) in [5.74, 6) is 0.594. The molecule has 0 radical (unpaired) electrons. The van der Waals surface area contributed by atoms with E-state index in [9.17, 15) is 4.79 Å². The number of pyridine rings is 1. The number of hydrogen-bond donors (Lipinski definition) is 0. The molecule has 0 atom stereocenters. The Morgan fingerprint density at radius 3 is 2.69 bits per heavy atom. The van der Waals surface area contributed by atoms with Gasteiger partial charge in [-0.15, -0.1) is 0 Å². The Morgan fingerprint density at radius 1 is 1.50 bits per heavy atom. The molecule has 0 N–H and O–H groups in total. The standard InChI is InChI=1S/C11H13BrN2O2/c1-14(2)11(15)8-5-6-9(10(12)13-8)16-7-3-4-7/h5-7H,3-4H2,1-2H3. The molecule has 1 heterocycles. The Hall–Kier alpha value is -1.10. The van der Waals surface area contributed by atoms with Crippen LogP contribution in [0.25, 0.3) is 0 Å². The van der Waals surface area contributed by atoms with Crippen LogP contribution in [-0.4, -0.2) is 36.0 Å². The van der Waals surface area contributed by atoms with Crippen molar-refractivity contribution in [2.24, 2.45) is 0 Å². The molecular weight excluding hydrogens is 272 g/mol. The molecule has 0 aromatic carbocycles. The van der Waals surface area contributed by atoms with Gasteiger partial charge in [-0.25, -0.2) is 4.98 Å². The molecule has 1 aromatic rings. The minimum absolute atomic E-state index is 0.112. The molecule has 0 aliphatic heterocycles. The van der Waals surface area contributed by atoms with Crippen LogP contribution in [0.4, 0.5) is 0 Å². The van der Waals surface area contributed by atoms with Gasteiger partial charge in [0.1, 0.15) is 10.3 Å². The normalized spacial score (nSPS) is 14.7. The molecule has 1 aliphatic rings. The molecule has 16 heavy (non-hydrogen) atoms. The van der Waals surface area contributed by atoms with Gasteiger partial charge in [-0.3, -0.25) is 4.79 Å². The van der Waals surface area contributed by atoms with Gasteiger partial charge in [0.15, 0.2) is 5.75 Å². The van der Waals surface area contributed by atoms with Crippen LogP contribution >= 0.6 is 15.9 Å². The molecule has 0 bridgehead atoms. The Balaban J connectivity index is 2.17. The van der Waals surface area contributed by atoms with Crippen LogP contribution < -0.4 is 4.74 Å². The third-order valence-corrected chi connectivity index (χ3v) is 2.83. The molecule has 86 valence electrons. The van der Waals surface area contributed by atoms with Crippen molar-refractivity contribution in [3.63, 3.8) is 0 Å². The number of carbonyl (C=O) groups excluding carboxylic acids is 1. The second-order valence-electron chi connectivity index (χ2n) is 4.00. The van der Waals surface area contributed by atoms with Crippen LogP contribution in [0.3, 0.4) is 0 Å². The van der Waals surface area contributed by atoms with E-state index in [0.717, 1.165) is 12.8 Å². The summed E-state index contributed by atoms with van der Waals surface area (Å²) in [6.45, 7) is 0. The molecule has 4 nitrogen and oxygen atoms in total. The average Bonchev–Trinajstić information content (AvgIpc) is 3.03. The largest absolute Gasteiger partial charge is 0.488 e. The van der Waals surface area contributed by atoms with E-state index >= 15 is 0 Å². The lowest BCUT2D eigenvalue weighted by molar-refractivity contribution is 0.0821. The molecule has 1 aliphatic carbocycles. The van der Waals surface area contributed by atoms with Gasteiger partial charge in [-0.05, 0) is 40.9 Å². The van der Waals surface area contributed by atoms with Crippen LogP contribution in [0.1, 0.15) is 23.3 Å². The molecular formula is C11H13BrN2O2. The molecule has 1 saturated carbocycles. The first kappa shape index (κ1) is 11.4. The van der Waals surface area contributed by atoms with Gasteiger partial charge < -0.3 is 9.64 Å². The lowest BCUT2D eigenvalue weighted by atomic mass is 10.3. The van der Waals surface area contributed by atoms with Gasteiger partial charge in [0.05, 0.1) is 6.10 Å². The first-order valence-corrected chi connectivity index (χ1v) is 5.92. The van der Waals surface area contributed by atoms with Crippen LogP contribution in [0.5, 0.6) is 5.75 Å². The van der Waals surface area contributed by atoms with Crippen molar-refractivity contribution in [2.75, 3.05) is 14.1 Å². The third-order valence-electron chi connectivity index (χ3n) is 2.26. The van der Waals surface area contributed by atoms with Crippen LogP contribution in [0.15, 0.2) is 16.7 Å². The number of carbonyl (C=O) groups is 1. The van der Waals surface area contributed by atoms with Crippen LogP contribution in [0, 0.1) is 0 Å². The molecule has 5 heteroatoms. The number of ether oxygens (including phenoxy) is 1. The average molecular weight is 285 g/mol. The number of nitrogens with zero attached hydrogens (tertiary/aromatic N) is 2. The van der Waals surface area contributed by atoms with E-state index in [1.807, 2.05) is 0 Å². The van der Waals surface area contributed by atoms with Crippen molar-refractivity contribution >= 4 is 21.8 Å². The predicted molar refractivity (Wildman–Crippen MR) is 63.6 cm³/mol. The maximum atomic E-state index is 11.6. The fourth-order valence-electron chi connectivity index (χ4n) is 1.22. The van der Waals surface area contributed by atoms with Crippen molar-refractivity contribution in [2.45, 2.75) is 18.9 Å². The summed E-state index contributed by atoms with van der Waals surface area (Å²) >= 11 is 3.31. The van der Waals surface area contributed by atoms with E-state index < -0.39 is 0 Å². The third kappa shape index (κ3) is 2.52. The van der Waals surface area contributed by atoms with Crippen LogP contribution in [0.2, 0.25) is 0 Å². The zero-order valence-corrected chi connectivity index (χ0v) is 10.8. The van der Waals surface area contributed by atoms with Crippen molar-refractivity contribution in [1.29, 1.82) is 0 Å². The number of aromatic nitrogens is 1. The second kappa shape index (κ2) is 4.41. The summed E-state index contributed by atoms with van der Waals surface area (Å²) in [5, 5.41) is 0. The summed E-state index contributed by atoms with van der Waals surface area (Å²) in [6.07, 6.45) is 2.53. The molecule has 0 spiro atoms. The highest BCUT2D eigenvalue weighted by Gasteiger charge is 2.25. The maximum Gasteiger partial charge on any atom is 0.271 e. The van der Waals surface area contributed by atoms with Gasteiger partial charge in [-0.2, -0.15) is 0 Å². The summed E-state index contributed by atoms with van der Waals surface area (Å²) in [7, 11) is 3.40. The van der Waals surface area contributed by atoms with E-state index in [2.05, 4.69) is 20.9 Å². The quantitative estimate of drug-likeness (QED) is 0.799. The Bertz CT molecular complexity index is 416. The highest BCUT2D eigenvalue weighted by atomic mass is 79.9. The van der Waals surface area contributed by atoms with E-state index in [1.54, 1.807) is 26.2 Å². The number of hydrogen-bond acceptors (Lipinski definition) is 3. The molecule has 1 amide bonds. The van der Waals surface area contributed by atoms with Gasteiger partial charge in [0.2, 0.25) is 0 Å². The topological polar surface area (TPSA) is 42.4 Å². The van der Waals surface area contributed by atoms with Crippen molar-refractivity contribution < 1.29 is 9.53 Å². The Labute approximate surface area is 103 Å². The highest BCUT2D eigenvalue weighted by Crippen LogP contribution is 2.31. The molecule has 0 saturated heterocycles. The van der Waals surface area contributed by atoms with E-state index in [1.165, 1.54) is 4.90 Å². The summed E-state index contributed by atoms with van der Waals surface area (Å²) in [5.41, 5.74) is 0.417. The maximum absolute atomic E-state index is 11.6. The second-order valence-corrected chi connectivity index (χ2v) is 4.75. The smallest absolute Gasteiger partial charge is 0.271 e. The first-order chi connectivity index (χ1) is 7.58. The van der Waals surface area contributed by atoms with Gasteiger partial charge >= 0.3 is 0 Å². The number of rotatable bonds is 3. The summed E-state index contributed by atoms with van der Waals surface area (Å²) in [4.78, 5) is 17.3. The SMILES string of the molecule is CN(C)C(=O)c1ccc(OC2CC2)c(Br)n1. The van der Waals surface area contributed by atoms with E-state index in [-0.39, 0.29) is 5.91 Å². The number of amides is 1. The van der Waals surface area contributed by atoms with Crippen molar-refractivity contribution in [3.05, 3.63) is 22.4 Å². The lowest BCUT2D eigenvalue weighted by Crippen LogP contribution is -2.22. The minimum Gasteiger partial charge on any atom is -0.488 e. The molecule has 1 aromatic heterocycles. The Morgan fingerprint density at radius 2 is 2.19 bits per heavy atom. The Kier molecular flexibility index (Phi) is 3.14. The molecule has 2 rings (SSSR count). The van der Waals surface area contributed by atoms with E-state index in [0.29, 0.717) is 22.2 Å². The predicted octanol–water partition coefficient (Wildman–Crippen LogP) is 2.09. The lowest BCUT2D eigenvalue weighted by Gasteiger charge is -2.11. The van der Waals surface area contributed by atoms with E-state index in [4.69, 9.17) is 4.74 Å². The summed E-state index contributed by atoms with van der Waals surface area (Å²) < 4.78 is 6.21. The zero-order valence-electron chi connectivity index (χ0n) is 9.24. The van der Waals surface area contributed by atoms with Crippen molar-refractivity contribution in [3.8, 4) is 5.75 Å². The summed E-state index contributed by atoms with van der Waals surface area (Å²) in [6, 6.07) is 3.47. The first-order valence-electron chi connectivity index (χ1n) is 5.13. The number of halogens is 1. The van der Waals surface area contributed by atoms with Gasteiger partial charge in [0.25, 0.3) is 5.91 Å². The zero-order chi connectivity index (χ0) is 11.7. The minimum atomic E-state index is -0.112. The molecule has 0 unspecified atom stereocenters. The fraction of sp³-hybridized carbons (Fsp3) is 0.455. The highest BCUT2D eigenvalue weighted by molar-refractivity contribution is 9.10. The molecule has 1 fully saturated rings. The monoisotopic (exact) mass is 284 g/mol. The van der Waals surface area contributed by atoms with Gasteiger partial charge in [-0.1, -0.05) is 0 Å². The van der Waals surface area contributed by atoms with Crippen LogP contribution in [-0.2, 0) is 0 Å².